The van der Waals surface area contributed by atoms with Gasteiger partial charge in [-0.25, -0.2) is 34.0 Å². The Morgan fingerprint density at radius 2 is 0.963 bits per heavy atom. The van der Waals surface area contributed by atoms with E-state index in [-0.39, 0.29) is 17.3 Å². The fourth-order valence-corrected chi connectivity index (χ4v) is 8.01. The lowest BCUT2D eigenvalue weighted by Crippen LogP contribution is -2.32. The molecular weight excluding hydrogens is 797 g/mol. The molecule has 0 fully saturated rings. The molecule has 54 heavy (non-hydrogen) atoms. The topological polar surface area (TPSA) is 140 Å². The SMILES string of the molecule is C=S(C)(=O)c1cccc(F)c1.C=S(C)(=O)c1ccccc1.CS(=O)(=O)Cc1cccc(F)c1.CS(=O)(=O)Cc1ccccc1.CS(=O)(=O)N1CC=CCC1. The van der Waals surface area contributed by atoms with Gasteiger partial charge in [-0.3, -0.25) is 8.42 Å². The summed E-state index contributed by atoms with van der Waals surface area (Å²) in [5, 5.41) is 0. The first-order chi connectivity index (χ1) is 24.8. The summed E-state index contributed by atoms with van der Waals surface area (Å²) in [6.07, 6.45) is 11.5. The molecule has 0 N–H and O–H groups in total. The van der Waals surface area contributed by atoms with Gasteiger partial charge in [-0.15, -0.1) is 0 Å². The van der Waals surface area contributed by atoms with Crippen LogP contribution in [0, 0.1) is 11.6 Å². The minimum Gasteiger partial charge on any atom is -0.263 e. The molecule has 2 atom stereocenters. The second kappa shape index (κ2) is 22.0. The van der Waals surface area contributed by atoms with Crippen LogP contribution in [0.5, 0.6) is 0 Å². The van der Waals surface area contributed by atoms with Gasteiger partial charge in [0.1, 0.15) is 11.6 Å². The van der Waals surface area contributed by atoms with E-state index in [1.54, 1.807) is 30.5 Å². The third kappa shape index (κ3) is 23.2. The van der Waals surface area contributed by atoms with E-state index in [4.69, 9.17) is 0 Å². The van der Waals surface area contributed by atoms with E-state index < -0.39 is 54.6 Å². The summed E-state index contributed by atoms with van der Waals surface area (Å²) >= 11 is 0. The van der Waals surface area contributed by atoms with Crippen LogP contribution in [0.15, 0.2) is 131 Å². The summed E-state index contributed by atoms with van der Waals surface area (Å²) in [5.41, 5.74) is 1.33. The van der Waals surface area contributed by atoms with Crippen molar-refractivity contribution in [1.29, 1.82) is 0 Å². The molecule has 1 aliphatic heterocycles. The van der Waals surface area contributed by atoms with E-state index in [1.807, 2.05) is 60.7 Å². The van der Waals surface area contributed by atoms with E-state index in [0.717, 1.165) is 23.1 Å². The molecule has 16 heteroatoms. The molecule has 0 bridgehead atoms. The van der Waals surface area contributed by atoms with Crippen LogP contribution in [0.4, 0.5) is 8.78 Å². The van der Waals surface area contributed by atoms with Crippen LogP contribution in [0.1, 0.15) is 17.5 Å². The van der Waals surface area contributed by atoms with Gasteiger partial charge in [0.2, 0.25) is 10.0 Å². The Labute approximate surface area is 321 Å². The maximum absolute atomic E-state index is 12.5. The van der Waals surface area contributed by atoms with E-state index in [1.165, 1.54) is 59.5 Å². The fraction of sp³-hybridized carbons (Fsp3) is 0.263. The summed E-state index contributed by atoms with van der Waals surface area (Å²) in [6.45, 7) is 1.17. The van der Waals surface area contributed by atoms with E-state index in [2.05, 4.69) is 11.7 Å². The Morgan fingerprint density at radius 1 is 0.537 bits per heavy atom. The summed E-state index contributed by atoms with van der Waals surface area (Å²) in [5.74, 6) is 6.26. The lowest BCUT2D eigenvalue weighted by molar-refractivity contribution is 0.442. The average molecular weight is 846 g/mol. The lowest BCUT2D eigenvalue weighted by atomic mass is 10.2. The quantitative estimate of drug-likeness (QED) is 0.170. The highest BCUT2D eigenvalue weighted by Gasteiger charge is 2.15. The number of sulfonamides is 1. The minimum atomic E-state index is -3.06. The molecule has 4 aromatic carbocycles. The Hall–Kier alpha value is -3.67. The molecule has 0 radical (unpaired) electrons. The number of halogens is 2. The molecule has 2 unspecified atom stereocenters. The Bertz CT molecular complexity index is 2350. The Kier molecular flexibility index (Phi) is 19.7. The summed E-state index contributed by atoms with van der Waals surface area (Å²) < 4.78 is 114. The first-order valence-corrected chi connectivity index (χ1v) is 26.2. The first kappa shape index (κ1) is 48.3. The zero-order valence-corrected chi connectivity index (χ0v) is 35.1. The van der Waals surface area contributed by atoms with E-state index in [0.29, 0.717) is 23.5 Å². The molecule has 0 aliphatic carbocycles. The second-order valence-electron chi connectivity index (χ2n) is 12.4. The standard InChI is InChI=1S/C8H9FO2S.C8H9FOS.C8H10O2S.C8H10OS.C6H11NO2S/c1-12(10,11)6-7-3-2-4-8(9)5-7;1-11(2,10)8-5-3-4-7(9)6-8;1-11(9,10)7-8-5-3-2-4-6-8;1-10(2,9)8-6-4-3-5-7-8;1-10(8,9)7-5-3-2-4-6-7/h2-5H,6H2,1H3;3-6H,1H2,2H3;2-6H,7H2,1H3;3-7H,1H2,2H3;2-3H,4-6H2,1H3. The molecule has 1 aliphatic rings. The van der Waals surface area contributed by atoms with Crippen molar-refractivity contribution in [1.82, 2.24) is 4.31 Å². The molecule has 0 amide bonds. The van der Waals surface area contributed by atoms with E-state index >= 15 is 0 Å². The normalized spacial score (nSPS) is 15.0. The van der Waals surface area contributed by atoms with Gasteiger partial charge in [-0.05, 0) is 90.8 Å². The number of hydrogen-bond donors (Lipinski definition) is 0. The van der Waals surface area contributed by atoms with Crippen molar-refractivity contribution in [3.05, 3.63) is 144 Å². The fourth-order valence-electron chi connectivity index (χ4n) is 4.17. The van der Waals surface area contributed by atoms with Crippen LogP contribution in [0.2, 0.25) is 0 Å². The van der Waals surface area contributed by atoms with Crippen molar-refractivity contribution in [2.45, 2.75) is 27.7 Å². The average Bonchev–Trinajstić information content (AvgIpc) is 3.05. The second-order valence-corrected chi connectivity index (χ2v) is 23.6. The number of sulfone groups is 2. The highest BCUT2D eigenvalue weighted by molar-refractivity contribution is 8.00. The zero-order valence-electron chi connectivity index (χ0n) is 31.0. The maximum Gasteiger partial charge on any atom is 0.211 e. The molecule has 0 aromatic heterocycles. The summed E-state index contributed by atoms with van der Waals surface area (Å²) in [4.78, 5) is 1.27. The zero-order chi connectivity index (χ0) is 41.2. The van der Waals surface area contributed by atoms with Crippen LogP contribution in [0.3, 0.4) is 0 Å². The van der Waals surface area contributed by atoms with Crippen LogP contribution < -0.4 is 0 Å². The van der Waals surface area contributed by atoms with Gasteiger partial charge in [0.05, 0.1) is 17.8 Å². The molecule has 298 valence electrons. The molecule has 4 aromatic rings. The lowest BCUT2D eigenvalue weighted by Gasteiger charge is -2.19. The first-order valence-electron chi connectivity index (χ1n) is 16.0. The van der Waals surface area contributed by atoms with Crippen LogP contribution in [-0.2, 0) is 60.2 Å². The molecule has 0 saturated heterocycles. The van der Waals surface area contributed by atoms with Crippen LogP contribution in [0.25, 0.3) is 0 Å². The smallest absolute Gasteiger partial charge is 0.211 e. The monoisotopic (exact) mass is 845 g/mol. The van der Waals surface area contributed by atoms with Gasteiger partial charge >= 0.3 is 0 Å². The predicted octanol–water partition coefficient (Wildman–Crippen LogP) is 5.73. The Balaban J connectivity index is 0.000000338. The Morgan fingerprint density at radius 3 is 1.31 bits per heavy atom. The third-order valence-corrected chi connectivity index (χ3v) is 12.1. The number of benzene rings is 4. The number of rotatable bonds is 7. The maximum atomic E-state index is 12.5. The highest BCUT2D eigenvalue weighted by atomic mass is 32.2. The number of hydrogen-bond acceptors (Lipinski definition) is 8. The van der Waals surface area contributed by atoms with Gasteiger partial charge in [0.15, 0.2) is 19.7 Å². The molecular formula is C38H49F2NO8S5. The van der Waals surface area contributed by atoms with Crippen LogP contribution >= 0.6 is 0 Å². The third-order valence-electron chi connectivity index (χ3n) is 6.62. The van der Waals surface area contributed by atoms with E-state index in [9.17, 15) is 42.5 Å². The molecule has 9 nitrogen and oxygen atoms in total. The van der Waals surface area contributed by atoms with Gasteiger partial charge in [-0.1, -0.05) is 78.9 Å². The van der Waals surface area contributed by atoms with Crippen molar-refractivity contribution >= 4 is 60.5 Å². The summed E-state index contributed by atoms with van der Waals surface area (Å²) in [7, 11) is -13.1. The van der Waals surface area contributed by atoms with Crippen molar-refractivity contribution in [3.8, 4) is 0 Å². The molecule has 0 saturated carbocycles. The number of nitrogens with zero attached hydrogens (tertiary/aromatic N) is 1. The van der Waals surface area contributed by atoms with Gasteiger partial charge in [0, 0.05) is 47.9 Å². The van der Waals surface area contributed by atoms with Crippen molar-refractivity contribution in [3.63, 3.8) is 0 Å². The summed E-state index contributed by atoms with van der Waals surface area (Å²) in [6, 6.07) is 29.7. The van der Waals surface area contributed by atoms with Gasteiger partial charge in [-0.2, -0.15) is 4.31 Å². The molecule has 0 spiro atoms. The largest absolute Gasteiger partial charge is 0.263 e. The highest BCUT2D eigenvalue weighted by Crippen LogP contribution is 2.10. The van der Waals surface area contributed by atoms with Crippen molar-refractivity contribution in [2.24, 2.45) is 0 Å². The predicted molar refractivity (Wildman–Crippen MR) is 222 cm³/mol. The van der Waals surface area contributed by atoms with Crippen molar-refractivity contribution < 1.29 is 42.5 Å². The molecule has 5 rings (SSSR count). The van der Waals surface area contributed by atoms with Crippen LogP contribution in [-0.4, -0.2) is 94.1 Å². The van der Waals surface area contributed by atoms with Gasteiger partial charge < -0.3 is 0 Å². The molecule has 1 heterocycles. The minimum absolute atomic E-state index is 0.106. The van der Waals surface area contributed by atoms with Crippen molar-refractivity contribution in [2.75, 3.05) is 44.4 Å². The van der Waals surface area contributed by atoms with Gasteiger partial charge in [0.25, 0.3) is 0 Å².